The van der Waals surface area contributed by atoms with Gasteiger partial charge >= 0.3 is 0 Å². The second-order valence-electron chi connectivity index (χ2n) is 7.22. The molecule has 2 N–H and O–H groups in total. The van der Waals surface area contributed by atoms with E-state index >= 15 is 0 Å². The van der Waals surface area contributed by atoms with Crippen molar-refractivity contribution in [1.29, 1.82) is 0 Å². The molecule has 2 bridgehead atoms. The van der Waals surface area contributed by atoms with Crippen LogP contribution in [0.1, 0.15) is 60.7 Å². The van der Waals surface area contributed by atoms with Crippen molar-refractivity contribution >= 4 is 11.8 Å². The number of hydrogen-bond acceptors (Lipinski definition) is 2. The molecule has 1 atom stereocenters. The first kappa shape index (κ1) is 17.3. The lowest BCUT2D eigenvalue weighted by Crippen LogP contribution is -2.27. The number of rotatable bonds is 2. The summed E-state index contributed by atoms with van der Waals surface area (Å²) in [4.78, 5) is 0. The van der Waals surface area contributed by atoms with E-state index in [0.29, 0.717) is 5.92 Å². The van der Waals surface area contributed by atoms with Crippen LogP contribution >= 0.6 is 0 Å². The Morgan fingerprint density at radius 2 is 1.60 bits per heavy atom. The molecule has 25 heavy (non-hydrogen) atoms. The van der Waals surface area contributed by atoms with E-state index in [1.165, 1.54) is 33.5 Å². The highest BCUT2D eigenvalue weighted by Crippen LogP contribution is 2.29. The van der Waals surface area contributed by atoms with Gasteiger partial charge in [-0.25, -0.2) is 0 Å². The topological polar surface area (TPSA) is 24.1 Å². The van der Waals surface area contributed by atoms with Crippen molar-refractivity contribution in [2.75, 3.05) is 5.32 Å². The monoisotopic (exact) mass is 332 g/mol. The van der Waals surface area contributed by atoms with Crippen molar-refractivity contribution in [2.45, 2.75) is 46.7 Å². The lowest BCUT2D eigenvalue weighted by Gasteiger charge is -2.27. The van der Waals surface area contributed by atoms with Crippen LogP contribution in [0.25, 0.3) is 6.08 Å². The summed E-state index contributed by atoms with van der Waals surface area (Å²) in [5.74, 6) is 0.548. The van der Waals surface area contributed by atoms with E-state index in [1.807, 2.05) is 0 Å². The highest BCUT2D eigenvalue weighted by Gasteiger charge is 2.16. The molecule has 130 valence electrons. The molecule has 2 nitrogen and oxygen atoms in total. The zero-order valence-electron chi connectivity index (χ0n) is 15.9. The summed E-state index contributed by atoms with van der Waals surface area (Å²) >= 11 is 0. The van der Waals surface area contributed by atoms with Crippen molar-refractivity contribution in [3.8, 4) is 0 Å². The van der Waals surface area contributed by atoms with Crippen molar-refractivity contribution in [1.82, 2.24) is 5.32 Å². The van der Waals surface area contributed by atoms with Crippen LogP contribution < -0.4 is 10.6 Å². The summed E-state index contributed by atoms with van der Waals surface area (Å²) in [6.45, 7) is 10.9. The molecule has 1 heterocycles. The zero-order chi connectivity index (χ0) is 18.0. The van der Waals surface area contributed by atoms with Crippen LogP contribution in [0.2, 0.25) is 0 Å². The van der Waals surface area contributed by atoms with E-state index in [0.717, 1.165) is 5.70 Å². The summed E-state index contributed by atoms with van der Waals surface area (Å²) in [7, 11) is 0. The Hall–Kier alpha value is -2.48. The predicted octanol–water partition coefficient (Wildman–Crippen LogP) is 6.06. The lowest BCUT2D eigenvalue weighted by atomic mass is 9.99. The second kappa shape index (κ2) is 7.18. The molecule has 1 aliphatic heterocycles. The van der Waals surface area contributed by atoms with Gasteiger partial charge in [0.25, 0.3) is 0 Å². The number of hydrogen-bond donors (Lipinski definition) is 2. The Kier molecular flexibility index (Phi) is 4.98. The van der Waals surface area contributed by atoms with Crippen molar-refractivity contribution in [3.05, 3.63) is 82.1 Å². The highest BCUT2D eigenvalue weighted by molar-refractivity contribution is 5.68. The van der Waals surface area contributed by atoms with Gasteiger partial charge < -0.3 is 10.6 Å². The quantitative estimate of drug-likeness (QED) is 0.698. The standard InChI is InChI=1S/C23H28N2/c1-15(2)19-11-13-21(14-12-19)23-24-17(4)7-6-8-20-10-9-16(3)22(25-23)18(20)5/h6-15,23-25H,1-5H3/b8-6-,17-7+. The fourth-order valence-corrected chi connectivity index (χ4v) is 3.26. The summed E-state index contributed by atoms with van der Waals surface area (Å²) in [5.41, 5.74) is 8.77. The first-order chi connectivity index (χ1) is 12.0. The molecule has 0 aromatic heterocycles. The van der Waals surface area contributed by atoms with Crippen LogP contribution in [0.4, 0.5) is 5.69 Å². The molecule has 1 unspecified atom stereocenters. The maximum absolute atomic E-state index is 3.73. The Morgan fingerprint density at radius 3 is 2.28 bits per heavy atom. The maximum Gasteiger partial charge on any atom is 0.123 e. The van der Waals surface area contributed by atoms with Crippen LogP contribution in [0.5, 0.6) is 0 Å². The molecular formula is C23H28N2. The number of benzene rings is 2. The Bertz CT molecular complexity index is 811. The van der Waals surface area contributed by atoms with Crippen LogP contribution in [-0.2, 0) is 0 Å². The second-order valence-corrected chi connectivity index (χ2v) is 7.22. The lowest BCUT2D eigenvalue weighted by molar-refractivity contribution is 0.666. The van der Waals surface area contributed by atoms with Gasteiger partial charge in [-0.2, -0.15) is 0 Å². The number of fused-ring (bicyclic) bond motifs is 2. The average molecular weight is 332 g/mol. The van der Waals surface area contributed by atoms with Crippen LogP contribution in [-0.4, -0.2) is 0 Å². The number of allylic oxidation sites excluding steroid dienone is 3. The first-order valence-electron chi connectivity index (χ1n) is 9.04. The number of nitrogens with one attached hydrogen (secondary N) is 2. The minimum atomic E-state index is 0.0385. The van der Waals surface area contributed by atoms with Crippen LogP contribution in [0.3, 0.4) is 0 Å². The van der Waals surface area contributed by atoms with Gasteiger partial charge in [0.15, 0.2) is 0 Å². The Labute approximate surface area is 151 Å². The van der Waals surface area contributed by atoms with Crippen molar-refractivity contribution in [3.63, 3.8) is 0 Å². The molecular weight excluding hydrogens is 304 g/mol. The van der Waals surface area contributed by atoms with E-state index in [-0.39, 0.29) is 6.17 Å². The van der Waals surface area contributed by atoms with Gasteiger partial charge in [-0.15, -0.1) is 0 Å². The largest absolute Gasteiger partial charge is 0.365 e. The molecule has 2 heteroatoms. The fourth-order valence-electron chi connectivity index (χ4n) is 3.26. The molecule has 1 aliphatic rings. The van der Waals surface area contributed by atoms with Gasteiger partial charge in [0.2, 0.25) is 0 Å². The smallest absolute Gasteiger partial charge is 0.123 e. The van der Waals surface area contributed by atoms with Gasteiger partial charge in [-0.05, 0) is 60.6 Å². The van der Waals surface area contributed by atoms with E-state index in [2.05, 4.69) is 99.9 Å². The van der Waals surface area contributed by atoms with Gasteiger partial charge in [-0.3, -0.25) is 0 Å². The van der Waals surface area contributed by atoms with Gasteiger partial charge in [0.05, 0.1) is 0 Å². The van der Waals surface area contributed by atoms with E-state index < -0.39 is 0 Å². The summed E-state index contributed by atoms with van der Waals surface area (Å²) in [6.07, 6.45) is 6.45. The third kappa shape index (κ3) is 3.79. The number of aryl methyl sites for hydroxylation is 1. The summed E-state index contributed by atoms with van der Waals surface area (Å²) < 4.78 is 0. The SMILES string of the molecule is C/C1=C\C=C/c2ccc(C)c(c2C)NC(c2ccc(C(C)C)cc2)N1. The minimum absolute atomic E-state index is 0.0385. The average Bonchev–Trinajstić information content (AvgIpc) is 2.59. The first-order valence-corrected chi connectivity index (χ1v) is 9.04. The third-order valence-electron chi connectivity index (χ3n) is 4.93. The molecule has 0 radical (unpaired) electrons. The molecule has 2 aromatic rings. The van der Waals surface area contributed by atoms with Gasteiger partial charge in [-0.1, -0.05) is 62.4 Å². The van der Waals surface area contributed by atoms with Crippen LogP contribution in [0, 0.1) is 13.8 Å². The molecule has 0 spiro atoms. The molecule has 3 rings (SSSR count). The molecule has 0 saturated heterocycles. The fraction of sp³-hybridized carbons (Fsp3) is 0.304. The normalized spacial score (nSPS) is 20.2. The molecule has 0 amide bonds. The van der Waals surface area contributed by atoms with Gasteiger partial charge in [0, 0.05) is 11.4 Å². The molecule has 0 saturated carbocycles. The Balaban J connectivity index is 2.03. The van der Waals surface area contributed by atoms with Crippen molar-refractivity contribution < 1.29 is 0 Å². The zero-order valence-corrected chi connectivity index (χ0v) is 15.9. The predicted molar refractivity (Wildman–Crippen MR) is 109 cm³/mol. The maximum atomic E-state index is 3.73. The molecule has 0 aliphatic carbocycles. The molecule has 2 aromatic carbocycles. The molecule has 0 fully saturated rings. The highest BCUT2D eigenvalue weighted by atomic mass is 15.1. The third-order valence-corrected chi connectivity index (χ3v) is 4.93. The minimum Gasteiger partial charge on any atom is -0.365 e. The summed E-state index contributed by atoms with van der Waals surface area (Å²) in [6, 6.07) is 13.3. The van der Waals surface area contributed by atoms with Crippen molar-refractivity contribution in [2.24, 2.45) is 0 Å². The van der Waals surface area contributed by atoms with E-state index in [9.17, 15) is 0 Å². The number of anilines is 1. The van der Waals surface area contributed by atoms with Gasteiger partial charge in [0.1, 0.15) is 6.17 Å². The Morgan fingerprint density at radius 1 is 0.880 bits per heavy atom. The van der Waals surface area contributed by atoms with E-state index in [1.54, 1.807) is 0 Å². The van der Waals surface area contributed by atoms with Crippen LogP contribution in [0.15, 0.2) is 54.2 Å². The van der Waals surface area contributed by atoms with E-state index in [4.69, 9.17) is 0 Å². The summed E-state index contributed by atoms with van der Waals surface area (Å²) in [5, 5.41) is 7.35.